The van der Waals surface area contributed by atoms with Gasteiger partial charge >= 0.3 is 0 Å². The molecule has 0 N–H and O–H groups in total. The number of nitrogens with zero attached hydrogens (tertiary/aromatic N) is 3. The van der Waals surface area contributed by atoms with Crippen LogP contribution in [0.5, 0.6) is 5.75 Å². The highest BCUT2D eigenvalue weighted by Crippen LogP contribution is 2.32. The van der Waals surface area contributed by atoms with Crippen molar-refractivity contribution in [3.8, 4) is 5.75 Å². The van der Waals surface area contributed by atoms with Crippen molar-refractivity contribution in [1.29, 1.82) is 0 Å². The number of fused-ring (bicyclic) bond motifs is 1. The third kappa shape index (κ3) is 4.63. The predicted molar refractivity (Wildman–Crippen MR) is 117 cm³/mol. The minimum absolute atomic E-state index is 0.0966. The number of benzene rings is 2. The molecule has 0 atom stereocenters. The molecule has 0 bridgehead atoms. The molecule has 1 aromatic heterocycles. The van der Waals surface area contributed by atoms with Gasteiger partial charge in [0.15, 0.2) is 5.13 Å². The first-order chi connectivity index (χ1) is 13.5. The number of amides is 1. The van der Waals surface area contributed by atoms with Crippen LogP contribution in [0.25, 0.3) is 10.2 Å². The molecule has 0 unspecified atom stereocenters. The SMILES string of the molecule is CCN(CC)CCN(C(=O)c1cccc(Cl)c1)c1nc2cc(OC)ccc2s1. The van der Waals surface area contributed by atoms with E-state index < -0.39 is 0 Å². The van der Waals surface area contributed by atoms with E-state index in [0.29, 0.717) is 22.3 Å². The van der Waals surface area contributed by atoms with Crippen LogP contribution in [0.2, 0.25) is 5.02 Å². The van der Waals surface area contributed by atoms with Gasteiger partial charge in [0.1, 0.15) is 5.75 Å². The van der Waals surface area contributed by atoms with Gasteiger partial charge in [-0.25, -0.2) is 4.98 Å². The molecule has 3 aromatic rings. The maximum atomic E-state index is 13.3. The smallest absolute Gasteiger partial charge is 0.260 e. The van der Waals surface area contributed by atoms with Crippen LogP contribution >= 0.6 is 22.9 Å². The Hall–Kier alpha value is -2.15. The quantitative estimate of drug-likeness (QED) is 0.520. The third-order valence-electron chi connectivity index (χ3n) is 4.67. The van der Waals surface area contributed by atoms with Crippen LogP contribution in [-0.4, -0.2) is 49.1 Å². The number of halogens is 1. The van der Waals surface area contributed by atoms with Gasteiger partial charge in [0.25, 0.3) is 5.91 Å². The third-order valence-corrected chi connectivity index (χ3v) is 5.96. The average Bonchev–Trinajstić information content (AvgIpc) is 3.13. The number of thiazole rings is 1. The second-order valence-electron chi connectivity index (χ2n) is 6.32. The Kier molecular flexibility index (Phi) is 6.88. The summed E-state index contributed by atoms with van der Waals surface area (Å²) < 4.78 is 6.31. The Morgan fingerprint density at radius 3 is 2.61 bits per heavy atom. The average molecular weight is 418 g/mol. The Balaban J connectivity index is 1.96. The summed E-state index contributed by atoms with van der Waals surface area (Å²) in [5.41, 5.74) is 1.38. The lowest BCUT2D eigenvalue weighted by Crippen LogP contribution is -2.38. The molecule has 0 radical (unpaired) electrons. The zero-order chi connectivity index (χ0) is 20.1. The molecule has 1 amide bonds. The molecular weight excluding hydrogens is 394 g/mol. The highest BCUT2D eigenvalue weighted by molar-refractivity contribution is 7.22. The normalized spacial score (nSPS) is 11.2. The second-order valence-corrected chi connectivity index (χ2v) is 7.77. The predicted octanol–water partition coefficient (Wildman–Crippen LogP) is 4.95. The highest BCUT2D eigenvalue weighted by Gasteiger charge is 2.22. The standard InChI is InChI=1S/C21H24ClN3O2S/c1-4-24(5-2)11-12-25(20(26)15-7-6-8-16(22)13-15)21-23-18-14-17(27-3)9-10-19(18)28-21/h6-10,13-14H,4-5,11-12H2,1-3H3. The van der Waals surface area contributed by atoms with Gasteiger partial charge in [-0.1, -0.05) is 42.9 Å². The van der Waals surface area contributed by atoms with Gasteiger partial charge in [-0.05, 0) is 43.4 Å². The summed E-state index contributed by atoms with van der Waals surface area (Å²) in [5, 5.41) is 1.23. The number of carbonyl (C=O) groups is 1. The van der Waals surface area contributed by atoms with Crippen LogP contribution in [0.1, 0.15) is 24.2 Å². The van der Waals surface area contributed by atoms with E-state index in [-0.39, 0.29) is 5.91 Å². The second kappa shape index (κ2) is 9.37. The number of aromatic nitrogens is 1. The van der Waals surface area contributed by atoms with Crippen molar-refractivity contribution in [2.45, 2.75) is 13.8 Å². The Labute approximate surface area is 174 Å². The Morgan fingerprint density at radius 2 is 1.93 bits per heavy atom. The van der Waals surface area contributed by atoms with Crippen molar-refractivity contribution < 1.29 is 9.53 Å². The summed E-state index contributed by atoms with van der Waals surface area (Å²) in [6, 6.07) is 12.8. The van der Waals surface area contributed by atoms with E-state index in [0.717, 1.165) is 35.6 Å². The van der Waals surface area contributed by atoms with E-state index in [1.807, 2.05) is 18.2 Å². The first-order valence-electron chi connectivity index (χ1n) is 9.30. The molecule has 0 aliphatic rings. The molecular formula is C21H24ClN3O2S. The molecule has 0 fully saturated rings. The van der Waals surface area contributed by atoms with E-state index in [1.54, 1.807) is 36.3 Å². The van der Waals surface area contributed by atoms with Gasteiger partial charge in [-0.3, -0.25) is 9.69 Å². The summed E-state index contributed by atoms with van der Waals surface area (Å²) >= 11 is 7.61. The van der Waals surface area contributed by atoms with Crippen LogP contribution in [0.15, 0.2) is 42.5 Å². The lowest BCUT2D eigenvalue weighted by molar-refractivity contribution is 0.0984. The molecule has 5 nitrogen and oxygen atoms in total. The number of likely N-dealkylation sites (N-methyl/N-ethyl adjacent to an activating group) is 1. The molecule has 7 heteroatoms. The van der Waals surface area contributed by atoms with Crippen LogP contribution < -0.4 is 9.64 Å². The van der Waals surface area contributed by atoms with E-state index in [4.69, 9.17) is 21.3 Å². The molecule has 148 valence electrons. The lowest BCUT2D eigenvalue weighted by Gasteiger charge is -2.24. The number of ether oxygens (including phenoxy) is 1. The Morgan fingerprint density at radius 1 is 1.14 bits per heavy atom. The van der Waals surface area contributed by atoms with E-state index in [9.17, 15) is 4.79 Å². The first-order valence-corrected chi connectivity index (χ1v) is 10.5. The number of hydrogen-bond acceptors (Lipinski definition) is 5. The highest BCUT2D eigenvalue weighted by atomic mass is 35.5. The number of hydrogen-bond donors (Lipinski definition) is 0. The molecule has 3 rings (SSSR count). The van der Waals surface area contributed by atoms with Gasteiger partial charge in [0, 0.05) is 29.7 Å². The van der Waals surface area contributed by atoms with Crippen molar-refractivity contribution in [3.63, 3.8) is 0 Å². The van der Waals surface area contributed by atoms with Crippen molar-refractivity contribution in [2.75, 3.05) is 38.2 Å². The summed E-state index contributed by atoms with van der Waals surface area (Å²) in [4.78, 5) is 22.0. The van der Waals surface area contributed by atoms with Gasteiger partial charge < -0.3 is 9.64 Å². The molecule has 0 spiro atoms. The van der Waals surface area contributed by atoms with Crippen LogP contribution in [-0.2, 0) is 0 Å². The zero-order valence-corrected chi connectivity index (χ0v) is 17.9. The number of rotatable bonds is 8. The number of carbonyl (C=O) groups excluding carboxylic acids is 1. The summed E-state index contributed by atoms with van der Waals surface area (Å²) in [5.74, 6) is 0.654. The van der Waals surface area contributed by atoms with Crippen molar-refractivity contribution in [2.24, 2.45) is 0 Å². The molecule has 0 aliphatic heterocycles. The van der Waals surface area contributed by atoms with Crippen LogP contribution in [0.3, 0.4) is 0 Å². The molecule has 0 saturated heterocycles. The molecule has 28 heavy (non-hydrogen) atoms. The molecule has 0 saturated carbocycles. The topological polar surface area (TPSA) is 45.7 Å². The summed E-state index contributed by atoms with van der Waals surface area (Å²) in [6.45, 7) is 7.45. The summed E-state index contributed by atoms with van der Waals surface area (Å²) in [6.07, 6.45) is 0. The fraction of sp³-hybridized carbons (Fsp3) is 0.333. The van der Waals surface area contributed by atoms with E-state index in [1.165, 1.54) is 11.3 Å². The Bertz CT molecular complexity index is 956. The molecule has 0 aliphatic carbocycles. The van der Waals surface area contributed by atoms with Gasteiger partial charge in [0.05, 0.1) is 17.3 Å². The zero-order valence-electron chi connectivity index (χ0n) is 16.3. The molecule has 1 heterocycles. The number of anilines is 1. The van der Waals surface area contributed by atoms with Crippen LogP contribution in [0.4, 0.5) is 5.13 Å². The lowest BCUT2D eigenvalue weighted by atomic mass is 10.2. The summed E-state index contributed by atoms with van der Waals surface area (Å²) in [7, 11) is 1.63. The fourth-order valence-electron chi connectivity index (χ4n) is 2.98. The van der Waals surface area contributed by atoms with Gasteiger partial charge in [-0.2, -0.15) is 0 Å². The van der Waals surface area contributed by atoms with Crippen LogP contribution in [0, 0.1) is 0 Å². The van der Waals surface area contributed by atoms with E-state index in [2.05, 4.69) is 18.7 Å². The van der Waals surface area contributed by atoms with E-state index >= 15 is 0 Å². The maximum absolute atomic E-state index is 13.3. The fourth-order valence-corrected chi connectivity index (χ4v) is 4.14. The van der Waals surface area contributed by atoms with Crippen molar-refractivity contribution in [1.82, 2.24) is 9.88 Å². The number of methoxy groups -OCH3 is 1. The largest absolute Gasteiger partial charge is 0.497 e. The van der Waals surface area contributed by atoms with Crippen molar-refractivity contribution >= 4 is 44.2 Å². The van der Waals surface area contributed by atoms with Gasteiger partial charge in [-0.15, -0.1) is 0 Å². The van der Waals surface area contributed by atoms with Crippen molar-refractivity contribution in [3.05, 3.63) is 53.1 Å². The monoisotopic (exact) mass is 417 g/mol. The first kappa shape index (κ1) is 20.6. The minimum atomic E-state index is -0.0966. The van der Waals surface area contributed by atoms with Gasteiger partial charge in [0.2, 0.25) is 0 Å². The minimum Gasteiger partial charge on any atom is -0.497 e. The maximum Gasteiger partial charge on any atom is 0.260 e. The molecule has 2 aromatic carbocycles.